The van der Waals surface area contributed by atoms with E-state index in [2.05, 4.69) is 22.1 Å². The van der Waals surface area contributed by atoms with Crippen LogP contribution in [0.5, 0.6) is 11.5 Å². The van der Waals surface area contributed by atoms with Gasteiger partial charge in [-0.15, -0.1) is 0 Å². The zero-order chi connectivity index (χ0) is 17.6. The molecule has 2 aromatic carbocycles. The molecule has 0 aliphatic carbocycles. The number of methoxy groups -OCH3 is 2. The summed E-state index contributed by atoms with van der Waals surface area (Å²) in [6.45, 7) is 0.707. The van der Waals surface area contributed by atoms with Crippen molar-refractivity contribution in [2.45, 2.75) is 23.8 Å². The number of aryl methyl sites for hydroxylation is 1. The van der Waals surface area contributed by atoms with Gasteiger partial charge in [0, 0.05) is 17.4 Å². The van der Waals surface area contributed by atoms with Crippen LogP contribution in [0.25, 0.3) is 11.0 Å². The Morgan fingerprint density at radius 1 is 1.12 bits per heavy atom. The second-order valence-corrected chi connectivity index (χ2v) is 6.72. The fourth-order valence-corrected chi connectivity index (χ4v) is 3.58. The number of rotatable bonds is 8. The minimum Gasteiger partial charge on any atom is -0.497 e. The predicted octanol–water partition coefficient (Wildman–Crippen LogP) is 3.76. The van der Waals surface area contributed by atoms with E-state index in [9.17, 15) is 0 Å². The Labute approximate surface area is 151 Å². The smallest absolute Gasteiger partial charge is 0.166 e. The van der Waals surface area contributed by atoms with E-state index < -0.39 is 0 Å². The van der Waals surface area contributed by atoms with Crippen molar-refractivity contribution in [3.63, 3.8) is 0 Å². The number of fused-ring (bicyclic) bond motifs is 1. The third-order valence-corrected chi connectivity index (χ3v) is 4.97. The Morgan fingerprint density at radius 3 is 2.76 bits per heavy atom. The van der Waals surface area contributed by atoms with Gasteiger partial charge >= 0.3 is 0 Å². The molecular weight excluding hydrogens is 334 g/mol. The molecule has 132 valence electrons. The van der Waals surface area contributed by atoms with Crippen LogP contribution in [0.1, 0.15) is 17.5 Å². The molecule has 1 heterocycles. The molecule has 3 rings (SSSR count). The van der Waals surface area contributed by atoms with Crippen molar-refractivity contribution in [1.82, 2.24) is 9.97 Å². The maximum atomic E-state index is 5.61. The highest BCUT2D eigenvalue weighted by molar-refractivity contribution is 7.98. The lowest BCUT2D eigenvalue weighted by Gasteiger charge is -2.10. The topological polar surface area (TPSA) is 73.2 Å². The van der Waals surface area contributed by atoms with Gasteiger partial charge in [-0.2, -0.15) is 0 Å². The summed E-state index contributed by atoms with van der Waals surface area (Å²) in [6.07, 6.45) is 1.98. The molecule has 0 aliphatic rings. The number of aromatic amines is 1. The molecule has 0 saturated heterocycles. The summed E-state index contributed by atoms with van der Waals surface area (Å²) in [7, 11) is 3.37. The van der Waals surface area contributed by atoms with Gasteiger partial charge in [0.25, 0.3) is 0 Å². The van der Waals surface area contributed by atoms with Crippen molar-refractivity contribution in [3.8, 4) is 11.5 Å². The number of ether oxygens (including phenoxy) is 2. The minimum absolute atomic E-state index is 0.707. The molecule has 0 radical (unpaired) electrons. The first kappa shape index (κ1) is 17.6. The zero-order valence-corrected chi connectivity index (χ0v) is 15.4. The van der Waals surface area contributed by atoms with Crippen LogP contribution in [0.4, 0.5) is 0 Å². The molecule has 3 N–H and O–H groups in total. The Bertz CT molecular complexity index is 848. The number of benzene rings is 2. The van der Waals surface area contributed by atoms with Gasteiger partial charge in [-0.05, 0) is 43.1 Å². The van der Waals surface area contributed by atoms with Crippen LogP contribution in [0, 0.1) is 0 Å². The Kier molecular flexibility index (Phi) is 5.83. The number of hydrogen-bond acceptors (Lipinski definition) is 5. The SMILES string of the molecule is COc1ccc2nc(SCc3cc(CCCN)ccc3OC)[nH]c2c1. The monoisotopic (exact) mass is 357 g/mol. The fourth-order valence-electron chi connectivity index (χ4n) is 2.71. The molecule has 1 aromatic heterocycles. The summed E-state index contributed by atoms with van der Waals surface area (Å²) in [5.74, 6) is 2.51. The quantitative estimate of drug-likeness (QED) is 0.601. The van der Waals surface area contributed by atoms with Crippen LogP contribution in [-0.2, 0) is 12.2 Å². The van der Waals surface area contributed by atoms with E-state index in [1.807, 2.05) is 24.3 Å². The normalized spacial score (nSPS) is 11.0. The number of nitrogens with zero attached hydrogens (tertiary/aromatic N) is 1. The summed E-state index contributed by atoms with van der Waals surface area (Å²) >= 11 is 1.66. The van der Waals surface area contributed by atoms with E-state index in [4.69, 9.17) is 15.2 Å². The number of nitrogens with two attached hydrogens (primary N) is 1. The van der Waals surface area contributed by atoms with Gasteiger partial charge in [-0.25, -0.2) is 4.98 Å². The van der Waals surface area contributed by atoms with Crippen molar-refractivity contribution in [3.05, 3.63) is 47.5 Å². The van der Waals surface area contributed by atoms with Crippen LogP contribution >= 0.6 is 11.8 Å². The molecule has 0 fully saturated rings. The number of H-pyrrole nitrogens is 1. The summed E-state index contributed by atoms with van der Waals surface area (Å²) in [6, 6.07) is 12.2. The lowest BCUT2D eigenvalue weighted by Crippen LogP contribution is -2.01. The highest BCUT2D eigenvalue weighted by Gasteiger charge is 2.09. The summed E-state index contributed by atoms with van der Waals surface area (Å²) in [5.41, 5.74) is 9.98. The molecule has 5 nitrogen and oxygen atoms in total. The molecule has 0 saturated carbocycles. The fraction of sp³-hybridized carbons (Fsp3) is 0.316. The predicted molar refractivity (Wildman–Crippen MR) is 103 cm³/mol. The summed E-state index contributed by atoms with van der Waals surface area (Å²) in [4.78, 5) is 7.97. The number of aromatic nitrogens is 2. The Balaban J connectivity index is 1.75. The van der Waals surface area contributed by atoms with Crippen LogP contribution in [0.2, 0.25) is 0 Å². The highest BCUT2D eigenvalue weighted by atomic mass is 32.2. The number of thioether (sulfide) groups is 1. The minimum atomic E-state index is 0.707. The number of hydrogen-bond donors (Lipinski definition) is 2. The molecular formula is C19H23N3O2S. The van der Waals surface area contributed by atoms with E-state index >= 15 is 0 Å². The van der Waals surface area contributed by atoms with Gasteiger partial charge < -0.3 is 20.2 Å². The average molecular weight is 357 g/mol. The van der Waals surface area contributed by atoms with E-state index in [1.54, 1.807) is 26.0 Å². The lowest BCUT2D eigenvalue weighted by atomic mass is 10.1. The third kappa shape index (κ3) is 4.27. The van der Waals surface area contributed by atoms with Gasteiger partial charge in [0.2, 0.25) is 0 Å². The zero-order valence-electron chi connectivity index (χ0n) is 14.5. The maximum absolute atomic E-state index is 5.61. The van der Waals surface area contributed by atoms with E-state index in [0.717, 1.165) is 46.3 Å². The molecule has 3 aromatic rings. The highest BCUT2D eigenvalue weighted by Crippen LogP contribution is 2.29. The van der Waals surface area contributed by atoms with Gasteiger partial charge in [0.1, 0.15) is 11.5 Å². The average Bonchev–Trinajstić information content (AvgIpc) is 3.06. The second kappa shape index (κ2) is 8.27. The van der Waals surface area contributed by atoms with Gasteiger partial charge in [0.05, 0.1) is 25.3 Å². The van der Waals surface area contributed by atoms with E-state index in [-0.39, 0.29) is 0 Å². The molecule has 0 aliphatic heterocycles. The molecule has 0 spiro atoms. The molecule has 0 bridgehead atoms. The van der Waals surface area contributed by atoms with Crippen molar-refractivity contribution < 1.29 is 9.47 Å². The van der Waals surface area contributed by atoms with Crippen LogP contribution in [0.15, 0.2) is 41.6 Å². The van der Waals surface area contributed by atoms with Crippen molar-refractivity contribution in [2.75, 3.05) is 20.8 Å². The maximum Gasteiger partial charge on any atom is 0.166 e. The standard InChI is InChI=1S/C19H23N3O2S/c1-23-15-6-7-16-17(11-15)22-19(21-16)25-12-14-10-13(4-3-9-20)5-8-18(14)24-2/h5-8,10-11H,3-4,9,12,20H2,1-2H3,(H,21,22). The number of imidazole rings is 1. The van der Waals surface area contributed by atoms with E-state index in [1.165, 1.54) is 11.1 Å². The van der Waals surface area contributed by atoms with Gasteiger partial charge in [-0.1, -0.05) is 23.9 Å². The third-order valence-electron chi connectivity index (χ3n) is 4.05. The first-order valence-corrected chi connectivity index (χ1v) is 9.24. The molecule has 0 atom stereocenters. The Hall–Kier alpha value is -2.18. The van der Waals surface area contributed by atoms with Crippen molar-refractivity contribution in [2.24, 2.45) is 5.73 Å². The van der Waals surface area contributed by atoms with Crippen LogP contribution in [-0.4, -0.2) is 30.7 Å². The van der Waals surface area contributed by atoms with Crippen LogP contribution in [0.3, 0.4) is 0 Å². The van der Waals surface area contributed by atoms with Crippen LogP contribution < -0.4 is 15.2 Å². The first-order valence-electron chi connectivity index (χ1n) is 8.26. The molecule has 0 unspecified atom stereocenters. The second-order valence-electron chi connectivity index (χ2n) is 5.75. The van der Waals surface area contributed by atoms with Gasteiger partial charge in [-0.3, -0.25) is 0 Å². The molecule has 6 heteroatoms. The Morgan fingerprint density at radius 2 is 2.00 bits per heavy atom. The lowest BCUT2D eigenvalue weighted by molar-refractivity contribution is 0.411. The van der Waals surface area contributed by atoms with Crippen molar-refractivity contribution in [1.29, 1.82) is 0 Å². The van der Waals surface area contributed by atoms with Crippen molar-refractivity contribution >= 4 is 22.8 Å². The van der Waals surface area contributed by atoms with E-state index in [0.29, 0.717) is 6.54 Å². The largest absolute Gasteiger partial charge is 0.497 e. The first-order chi connectivity index (χ1) is 12.2. The molecule has 25 heavy (non-hydrogen) atoms. The summed E-state index contributed by atoms with van der Waals surface area (Å²) < 4.78 is 10.8. The van der Waals surface area contributed by atoms with Gasteiger partial charge in [0.15, 0.2) is 5.16 Å². The number of nitrogens with one attached hydrogen (secondary N) is 1. The summed E-state index contributed by atoms with van der Waals surface area (Å²) in [5, 5.41) is 0.887. The molecule has 0 amide bonds.